The van der Waals surface area contributed by atoms with Gasteiger partial charge in [0.15, 0.2) is 6.61 Å². The molecule has 8 heteroatoms. The Bertz CT molecular complexity index is 855. The maximum Gasteiger partial charge on any atom is 0.278 e. The minimum absolute atomic E-state index is 0.0269. The Morgan fingerprint density at radius 3 is 2.52 bits per heavy atom. The number of carbonyl (C=O) groups is 1. The molecule has 0 heterocycles. The monoisotopic (exact) mass is 371 g/mol. The van der Waals surface area contributed by atoms with E-state index in [0.29, 0.717) is 5.75 Å². The first kappa shape index (κ1) is 19.9. The van der Waals surface area contributed by atoms with E-state index in [0.717, 1.165) is 17.8 Å². The summed E-state index contributed by atoms with van der Waals surface area (Å²) in [5.41, 5.74) is 3.23. The number of hydrogen-bond donors (Lipinski definition) is 2. The van der Waals surface area contributed by atoms with Crippen LogP contribution in [0.25, 0.3) is 0 Å². The van der Waals surface area contributed by atoms with Crippen molar-refractivity contribution in [2.45, 2.75) is 26.2 Å². The number of rotatable bonds is 6. The average molecular weight is 371 g/mol. The minimum atomic E-state index is -0.604. The van der Waals surface area contributed by atoms with Crippen LogP contribution < -0.4 is 10.2 Å². The van der Waals surface area contributed by atoms with Crippen molar-refractivity contribution >= 4 is 17.8 Å². The van der Waals surface area contributed by atoms with Gasteiger partial charge in [-0.3, -0.25) is 14.9 Å². The van der Waals surface area contributed by atoms with Gasteiger partial charge >= 0.3 is 0 Å². The number of nitrogens with zero attached hydrogens (tertiary/aromatic N) is 2. The van der Waals surface area contributed by atoms with E-state index in [1.54, 1.807) is 12.1 Å². The number of nitro groups is 1. The van der Waals surface area contributed by atoms with Crippen molar-refractivity contribution in [1.29, 1.82) is 0 Å². The number of aromatic hydroxyl groups is 1. The third kappa shape index (κ3) is 5.81. The molecule has 2 rings (SSSR count). The van der Waals surface area contributed by atoms with Gasteiger partial charge in [-0.2, -0.15) is 5.10 Å². The highest BCUT2D eigenvalue weighted by molar-refractivity contribution is 5.87. The van der Waals surface area contributed by atoms with Crippen LogP contribution in [-0.4, -0.2) is 28.8 Å². The fraction of sp³-hybridized carbons (Fsp3) is 0.263. The Hall–Kier alpha value is -3.42. The Labute approximate surface area is 156 Å². The molecule has 0 aliphatic heterocycles. The van der Waals surface area contributed by atoms with Crippen LogP contribution in [0, 0.1) is 10.1 Å². The van der Waals surface area contributed by atoms with E-state index in [4.69, 9.17) is 4.74 Å². The van der Waals surface area contributed by atoms with Crippen molar-refractivity contribution < 1.29 is 19.6 Å². The summed E-state index contributed by atoms with van der Waals surface area (Å²) < 4.78 is 5.39. The van der Waals surface area contributed by atoms with Crippen LogP contribution >= 0.6 is 0 Å². The molecular weight excluding hydrogens is 350 g/mol. The second-order valence-electron chi connectivity index (χ2n) is 6.86. The van der Waals surface area contributed by atoms with Gasteiger partial charge in [-0.1, -0.05) is 32.9 Å². The number of nitro benzene ring substituents is 1. The van der Waals surface area contributed by atoms with Crippen LogP contribution in [0.15, 0.2) is 47.6 Å². The lowest BCUT2D eigenvalue weighted by molar-refractivity contribution is -0.385. The Balaban J connectivity index is 1.91. The van der Waals surface area contributed by atoms with Gasteiger partial charge in [0.1, 0.15) is 11.5 Å². The SMILES string of the molecule is CC(C)(C)c1ccc(OCC(=O)N/N=C/c2cc(O)ccc2[N+](=O)[O-])cc1. The second kappa shape index (κ2) is 8.31. The maximum absolute atomic E-state index is 11.8. The molecule has 0 unspecified atom stereocenters. The molecule has 0 aliphatic carbocycles. The van der Waals surface area contributed by atoms with Crippen LogP contribution in [0.4, 0.5) is 5.69 Å². The molecule has 2 aromatic carbocycles. The van der Waals surface area contributed by atoms with Gasteiger partial charge < -0.3 is 9.84 Å². The quantitative estimate of drug-likeness (QED) is 0.460. The van der Waals surface area contributed by atoms with Gasteiger partial charge in [-0.15, -0.1) is 0 Å². The zero-order valence-corrected chi connectivity index (χ0v) is 15.3. The lowest BCUT2D eigenvalue weighted by atomic mass is 9.87. The lowest BCUT2D eigenvalue weighted by Gasteiger charge is -2.19. The molecule has 0 atom stereocenters. The van der Waals surface area contributed by atoms with E-state index < -0.39 is 10.8 Å². The second-order valence-corrected chi connectivity index (χ2v) is 6.86. The summed E-state index contributed by atoms with van der Waals surface area (Å²) in [6, 6.07) is 11.0. The molecule has 0 spiro atoms. The Morgan fingerprint density at radius 2 is 1.93 bits per heavy atom. The number of hydrazone groups is 1. The van der Waals surface area contributed by atoms with Crippen molar-refractivity contribution in [3.8, 4) is 11.5 Å². The van der Waals surface area contributed by atoms with Crippen LogP contribution in [0.3, 0.4) is 0 Å². The molecule has 27 heavy (non-hydrogen) atoms. The number of ether oxygens (including phenoxy) is 1. The number of benzene rings is 2. The number of carbonyl (C=O) groups excluding carboxylic acids is 1. The summed E-state index contributed by atoms with van der Waals surface area (Å²) in [6.07, 6.45) is 1.09. The van der Waals surface area contributed by atoms with Gasteiger partial charge in [0.25, 0.3) is 11.6 Å². The standard InChI is InChI=1S/C19H21N3O5/c1-19(2,3)14-4-7-16(8-5-14)27-12-18(24)21-20-11-13-10-15(23)6-9-17(13)22(25)26/h4-11,23H,12H2,1-3H3,(H,21,24)/b20-11+. The molecule has 8 nitrogen and oxygen atoms in total. The van der Waals surface area contributed by atoms with E-state index in [1.807, 2.05) is 12.1 Å². The fourth-order valence-corrected chi connectivity index (χ4v) is 2.22. The van der Waals surface area contributed by atoms with Crippen molar-refractivity contribution in [3.63, 3.8) is 0 Å². The third-order valence-corrected chi connectivity index (χ3v) is 3.69. The minimum Gasteiger partial charge on any atom is -0.508 e. The molecule has 0 aromatic heterocycles. The average Bonchev–Trinajstić information content (AvgIpc) is 2.59. The van der Waals surface area contributed by atoms with Crippen LogP contribution in [-0.2, 0) is 10.2 Å². The summed E-state index contributed by atoms with van der Waals surface area (Å²) >= 11 is 0. The summed E-state index contributed by atoms with van der Waals surface area (Å²) in [5.74, 6) is -0.116. The predicted octanol–water partition coefficient (Wildman–Crippen LogP) is 3.13. The Kier molecular flexibility index (Phi) is 6.12. The third-order valence-electron chi connectivity index (χ3n) is 3.69. The van der Waals surface area contributed by atoms with Crippen molar-refractivity contribution in [2.24, 2.45) is 5.10 Å². The van der Waals surface area contributed by atoms with Crippen molar-refractivity contribution in [3.05, 3.63) is 63.7 Å². The molecule has 142 valence electrons. The largest absolute Gasteiger partial charge is 0.508 e. The predicted molar refractivity (Wildman–Crippen MR) is 101 cm³/mol. The fourth-order valence-electron chi connectivity index (χ4n) is 2.22. The topological polar surface area (TPSA) is 114 Å². The summed E-state index contributed by atoms with van der Waals surface area (Å²) in [4.78, 5) is 22.1. The maximum atomic E-state index is 11.8. The molecule has 0 radical (unpaired) electrons. The lowest BCUT2D eigenvalue weighted by Crippen LogP contribution is -2.24. The normalized spacial score (nSPS) is 11.4. The number of phenols is 1. The van der Waals surface area contributed by atoms with Crippen molar-refractivity contribution in [2.75, 3.05) is 6.61 Å². The first-order valence-corrected chi connectivity index (χ1v) is 8.19. The molecule has 0 bridgehead atoms. The first-order valence-electron chi connectivity index (χ1n) is 8.19. The van der Waals surface area contributed by atoms with Crippen molar-refractivity contribution in [1.82, 2.24) is 5.43 Å². The van der Waals surface area contributed by atoms with E-state index in [9.17, 15) is 20.0 Å². The smallest absolute Gasteiger partial charge is 0.278 e. The van der Waals surface area contributed by atoms with Crippen LogP contribution in [0.5, 0.6) is 11.5 Å². The molecule has 0 saturated heterocycles. The highest BCUT2D eigenvalue weighted by Crippen LogP contribution is 2.24. The summed E-state index contributed by atoms with van der Waals surface area (Å²) in [5, 5.41) is 24.0. The molecule has 1 amide bonds. The molecule has 2 aromatic rings. The highest BCUT2D eigenvalue weighted by atomic mass is 16.6. The summed E-state index contributed by atoms with van der Waals surface area (Å²) in [7, 11) is 0. The molecular formula is C19H21N3O5. The highest BCUT2D eigenvalue weighted by Gasteiger charge is 2.14. The van der Waals surface area contributed by atoms with Gasteiger partial charge in [0, 0.05) is 6.07 Å². The zero-order valence-electron chi connectivity index (χ0n) is 15.3. The van der Waals surface area contributed by atoms with E-state index in [-0.39, 0.29) is 29.0 Å². The molecule has 0 aliphatic rings. The number of amides is 1. The first-order chi connectivity index (χ1) is 12.7. The number of hydrogen-bond acceptors (Lipinski definition) is 6. The van der Waals surface area contributed by atoms with Gasteiger partial charge in [-0.05, 0) is 35.2 Å². The number of nitrogens with one attached hydrogen (secondary N) is 1. The Morgan fingerprint density at radius 1 is 1.26 bits per heavy atom. The van der Waals surface area contributed by atoms with E-state index >= 15 is 0 Å². The van der Waals surface area contributed by atoms with Gasteiger partial charge in [0.2, 0.25) is 0 Å². The zero-order chi connectivity index (χ0) is 20.0. The van der Waals surface area contributed by atoms with Crippen LogP contribution in [0.2, 0.25) is 0 Å². The van der Waals surface area contributed by atoms with E-state index in [2.05, 4.69) is 31.3 Å². The van der Waals surface area contributed by atoms with Gasteiger partial charge in [-0.25, -0.2) is 5.43 Å². The summed E-state index contributed by atoms with van der Waals surface area (Å²) in [6.45, 7) is 6.05. The number of phenolic OH excluding ortho intramolecular Hbond substituents is 1. The van der Waals surface area contributed by atoms with Gasteiger partial charge in [0.05, 0.1) is 16.7 Å². The molecule has 0 saturated carbocycles. The molecule has 2 N–H and O–H groups in total. The van der Waals surface area contributed by atoms with E-state index in [1.165, 1.54) is 12.1 Å². The van der Waals surface area contributed by atoms with Crippen LogP contribution in [0.1, 0.15) is 31.9 Å². The molecule has 0 fully saturated rings.